The first-order valence-corrected chi connectivity index (χ1v) is 6.42. The number of likely N-dealkylation sites (tertiary alicyclic amines) is 1. The Balaban J connectivity index is 2.01. The van der Waals surface area contributed by atoms with Crippen LogP contribution in [0.2, 0.25) is 0 Å². The highest BCUT2D eigenvalue weighted by atomic mass is 15.1. The van der Waals surface area contributed by atoms with Crippen molar-refractivity contribution in [2.75, 3.05) is 13.1 Å². The summed E-state index contributed by atoms with van der Waals surface area (Å²) in [5.74, 6) is 0. The van der Waals surface area contributed by atoms with Gasteiger partial charge in [0.2, 0.25) is 0 Å². The van der Waals surface area contributed by atoms with Gasteiger partial charge in [-0.3, -0.25) is 4.90 Å². The summed E-state index contributed by atoms with van der Waals surface area (Å²) >= 11 is 0. The van der Waals surface area contributed by atoms with Gasteiger partial charge in [0.15, 0.2) is 0 Å². The first-order valence-electron chi connectivity index (χ1n) is 6.42. The third-order valence-electron chi connectivity index (χ3n) is 3.66. The van der Waals surface area contributed by atoms with Crippen LogP contribution < -0.4 is 5.73 Å². The topological polar surface area (TPSA) is 45.1 Å². The van der Waals surface area contributed by atoms with Crippen molar-refractivity contribution in [3.05, 3.63) is 23.5 Å². The van der Waals surface area contributed by atoms with Crippen molar-refractivity contribution in [1.82, 2.24) is 9.88 Å². The summed E-state index contributed by atoms with van der Waals surface area (Å²) in [6.07, 6.45) is 7.59. The number of nitrogens with zero attached hydrogens (tertiary/aromatic N) is 1. The van der Waals surface area contributed by atoms with Crippen molar-refractivity contribution >= 4 is 0 Å². The van der Waals surface area contributed by atoms with Crippen LogP contribution in [0.4, 0.5) is 0 Å². The van der Waals surface area contributed by atoms with Crippen molar-refractivity contribution in [3.8, 4) is 0 Å². The molecule has 1 aliphatic rings. The van der Waals surface area contributed by atoms with Crippen LogP contribution in [-0.4, -0.2) is 23.0 Å². The maximum Gasteiger partial charge on any atom is 0.0334 e. The van der Waals surface area contributed by atoms with Crippen molar-refractivity contribution in [2.45, 2.75) is 45.2 Å². The minimum absolute atomic E-state index is 0.523. The van der Waals surface area contributed by atoms with Gasteiger partial charge in [0.25, 0.3) is 0 Å². The third kappa shape index (κ3) is 2.66. The quantitative estimate of drug-likeness (QED) is 0.823. The Morgan fingerprint density at radius 2 is 2.00 bits per heavy atom. The summed E-state index contributed by atoms with van der Waals surface area (Å²) in [5, 5.41) is 0. The molecule has 2 heterocycles. The van der Waals surface area contributed by atoms with Crippen LogP contribution in [0.15, 0.2) is 12.3 Å². The average Bonchev–Trinajstić information content (AvgIpc) is 2.62. The fourth-order valence-corrected chi connectivity index (χ4v) is 2.51. The Morgan fingerprint density at radius 1 is 1.31 bits per heavy atom. The molecule has 3 N–H and O–H groups in total. The van der Waals surface area contributed by atoms with E-state index in [1.165, 1.54) is 44.3 Å². The van der Waals surface area contributed by atoms with E-state index in [-0.39, 0.29) is 0 Å². The molecule has 3 nitrogen and oxygen atoms in total. The van der Waals surface area contributed by atoms with Gasteiger partial charge in [0.1, 0.15) is 0 Å². The second-order valence-corrected chi connectivity index (χ2v) is 4.79. The van der Waals surface area contributed by atoms with E-state index in [1.54, 1.807) is 0 Å². The molecule has 1 aliphatic heterocycles. The maximum atomic E-state index is 5.62. The lowest BCUT2D eigenvalue weighted by Gasteiger charge is -2.26. The molecular weight excluding hydrogens is 198 g/mol. The zero-order valence-electron chi connectivity index (χ0n) is 10.2. The van der Waals surface area contributed by atoms with Crippen LogP contribution in [0.5, 0.6) is 0 Å². The highest BCUT2D eigenvalue weighted by molar-refractivity contribution is 5.20. The van der Waals surface area contributed by atoms with Crippen LogP contribution in [0.25, 0.3) is 0 Å². The van der Waals surface area contributed by atoms with E-state index < -0.39 is 0 Å². The smallest absolute Gasteiger partial charge is 0.0334 e. The summed E-state index contributed by atoms with van der Waals surface area (Å²) in [6, 6.07) is 2.73. The molecule has 0 aliphatic carbocycles. The molecule has 1 aromatic rings. The van der Waals surface area contributed by atoms with E-state index in [4.69, 9.17) is 5.73 Å². The van der Waals surface area contributed by atoms with Crippen molar-refractivity contribution in [2.24, 2.45) is 5.73 Å². The molecule has 3 heteroatoms. The molecule has 1 aromatic heterocycles. The highest BCUT2D eigenvalue weighted by Crippen LogP contribution is 2.24. The second-order valence-electron chi connectivity index (χ2n) is 4.79. The van der Waals surface area contributed by atoms with Crippen LogP contribution in [-0.2, 0) is 6.54 Å². The normalized spacial score (nSPS) is 20.6. The van der Waals surface area contributed by atoms with Gasteiger partial charge in [0, 0.05) is 24.5 Å². The summed E-state index contributed by atoms with van der Waals surface area (Å²) in [7, 11) is 0. The van der Waals surface area contributed by atoms with Gasteiger partial charge in [-0.25, -0.2) is 0 Å². The molecule has 2 rings (SSSR count). The lowest BCUT2D eigenvalue weighted by molar-refractivity contribution is 0.219. The number of aromatic nitrogens is 1. The van der Waals surface area contributed by atoms with Gasteiger partial charge in [-0.2, -0.15) is 0 Å². The molecule has 1 fully saturated rings. The van der Waals surface area contributed by atoms with Crippen LogP contribution in [0.1, 0.15) is 49.9 Å². The molecule has 16 heavy (non-hydrogen) atoms. The minimum atomic E-state index is 0.523. The van der Waals surface area contributed by atoms with Gasteiger partial charge in [-0.15, -0.1) is 0 Å². The van der Waals surface area contributed by atoms with E-state index in [0.717, 1.165) is 5.69 Å². The van der Waals surface area contributed by atoms with Crippen molar-refractivity contribution < 1.29 is 0 Å². The van der Waals surface area contributed by atoms with Crippen molar-refractivity contribution in [3.63, 3.8) is 0 Å². The van der Waals surface area contributed by atoms with Gasteiger partial charge in [-0.1, -0.05) is 12.8 Å². The molecule has 0 aromatic carbocycles. The standard InChI is InChI=1S/C13H23N3/c1-11(12-8-13(9-14)15-10-12)16-6-4-2-3-5-7-16/h8,10-11,15H,2-7,9,14H2,1H3. The number of aromatic amines is 1. The largest absolute Gasteiger partial charge is 0.364 e. The van der Waals surface area contributed by atoms with E-state index >= 15 is 0 Å². The number of H-pyrrole nitrogens is 1. The lowest BCUT2D eigenvalue weighted by atomic mass is 10.1. The van der Waals surface area contributed by atoms with Gasteiger partial charge in [0.05, 0.1) is 0 Å². The zero-order chi connectivity index (χ0) is 11.4. The fourth-order valence-electron chi connectivity index (χ4n) is 2.51. The molecule has 0 amide bonds. The second kappa shape index (κ2) is 5.51. The number of rotatable bonds is 3. The molecule has 0 saturated carbocycles. The van der Waals surface area contributed by atoms with E-state index in [2.05, 4.69) is 29.1 Å². The molecule has 0 radical (unpaired) electrons. The van der Waals surface area contributed by atoms with Gasteiger partial charge < -0.3 is 10.7 Å². The number of hydrogen-bond acceptors (Lipinski definition) is 2. The summed E-state index contributed by atoms with van der Waals surface area (Å²) < 4.78 is 0. The molecule has 1 atom stereocenters. The van der Waals surface area contributed by atoms with Crippen molar-refractivity contribution in [1.29, 1.82) is 0 Å². The van der Waals surface area contributed by atoms with E-state index in [0.29, 0.717) is 12.6 Å². The number of nitrogens with one attached hydrogen (secondary N) is 1. The summed E-state index contributed by atoms with van der Waals surface area (Å²) in [5.41, 5.74) is 8.13. The van der Waals surface area contributed by atoms with Gasteiger partial charge >= 0.3 is 0 Å². The van der Waals surface area contributed by atoms with E-state index in [9.17, 15) is 0 Å². The monoisotopic (exact) mass is 221 g/mol. The first kappa shape index (κ1) is 11.7. The van der Waals surface area contributed by atoms with Gasteiger partial charge in [-0.05, 0) is 44.5 Å². The summed E-state index contributed by atoms with van der Waals surface area (Å²) in [4.78, 5) is 5.83. The van der Waals surface area contributed by atoms with Crippen LogP contribution in [0.3, 0.4) is 0 Å². The molecule has 0 bridgehead atoms. The van der Waals surface area contributed by atoms with Crippen LogP contribution >= 0.6 is 0 Å². The molecule has 1 unspecified atom stereocenters. The Morgan fingerprint density at radius 3 is 2.56 bits per heavy atom. The first-order chi connectivity index (χ1) is 7.81. The fraction of sp³-hybridized carbons (Fsp3) is 0.692. The Bertz CT molecular complexity index is 311. The Labute approximate surface area is 98.0 Å². The SMILES string of the molecule is CC(c1c[nH]c(CN)c1)N1CCCCCC1. The molecule has 1 saturated heterocycles. The molecule has 0 spiro atoms. The third-order valence-corrected chi connectivity index (χ3v) is 3.66. The van der Waals surface area contributed by atoms with E-state index in [1.807, 2.05) is 0 Å². The van der Waals surface area contributed by atoms with Crippen LogP contribution in [0, 0.1) is 0 Å². The number of nitrogens with two attached hydrogens (primary N) is 1. The maximum absolute atomic E-state index is 5.62. The average molecular weight is 221 g/mol. The Hall–Kier alpha value is -0.800. The lowest BCUT2D eigenvalue weighted by Crippen LogP contribution is -2.27. The minimum Gasteiger partial charge on any atom is -0.364 e. The summed E-state index contributed by atoms with van der Waals surface area (Å²) in [6.45, 7) is 5.39. The Kier molecular flexibility index (Phi) is 4.02. The predicted octanol–water partition coefficient (Wildman–Crippen LogP) is 2.41. The highest BCUT2D eigenvalue weighted by Gasteiger charge is 2.17. The molecular formula is C13H23N3. The zero-order valence-corrected chi connectivity index (χ0v) is 10.2. The number of hydrogen-bond donors (Lipinski definition) is 2. The molecule has 90 valence electrons. The predicted molar refractivity (Wildman–Crippen MR) is 67.1 cm³/mol.